The van der Waals surface area contributed by atoms with Crippen molar-refractivity contribution in [2.24, 2.45) is 50.2 Å². The molecular formula is C30H48O3. The fourth-order valence-electron chi connectivity index (χ4n) is 10.6. The zero-order valence-corrected chi connectivity index (χ0v) is 22.3. The van der Waals surface area contributed by atoms with Crippen molar-refractivity contribution in [2.45, 2.75) is 112 Å². The van der Waals surface area contributed by atoms with Crippen LogP contribution in [-0.2, 0) is 9.53 Å². The molecule has 0 radical (unpaired) electrons. The minimum absolute atomic E-state index is 0.0892. The number of hydrogen-bond donors (Lipinski definition) is 1. The molecule has 186 valence electrons. The third kappa shape index (κ3) is 2.99. The molecule has 1 N–H and O–H groups in total. The number of fused-ring (bicyclic) bond motifs is 7. The minimum Gasteiger partial charge on any atom is -0.459 e. The summed E-state index contributed by atoms with van der Waals surface area (Å²) in [6.07, 6.45) is 14.9. The molecule has 33 heavy (non-hydrogen) atoms. The van der Waals surface area contributed by atoms with Gasteiger partial charge in [-0.1, -0.05) is 47.6 Å². The van der Waals surface area contributed by atoms with Crippen LogP contribution < -0.4 is 0 Å². The lowest BCUT2D eigenvalue weighted by atomic mass is 9.31. The number of cyclic esters (lactones) is 1. The Kier molecular flexibility index (Phi) is 5.15. The molecule has 0 bridgehead atoms. The van der Waals surface area contributed by atoms with Crippen molar-refractivity contribution >= 4 is 5.97 Å². The first kappa shape index (κ1) is 23.9. The zero-order chi connectivity index (χ0) is 24.1. The maximum absolute atomic E-state index is 12.4. The number of carbonyl (C=O) groups excluding carboxylic acids is 1. The SMILES string of the molecule is C[C@H]1OC(=O)C=C[C@H]2[C@]3(C)CC[C@@]4(C)[C@@H]5CC(C)(C)CC[C@]5(C)CC[C@]4(C)[C@H]3CC[C@]12CO. The van der Waals surface area contributed by atoms with Crippen LogP contribution in [0.25, 0.3) is 0 Å². The van der Waals surface area contributed by atoms with Gasteiger partial charge in [-0.25, -0.2) is 4.79 Å². The molecule has 0 unspecified atom stereocenters. The number of aliphatic hydroxyl groups excluding tert-OH is 1. The molecule has 0 amide bonds. The summed E-state index contributed by atoms with van der Waals surface area (Å²) < 4.78 is 5.77. The van der Waals surface area contributed by atoms with E-state index in [1.807, 2.05) is 6.92 Å². The third-order valence-electron chi connectivity index (χ3n) is 13.1. The molecular weight excluding hydrogens is 408 g/mol. The Labute approximate surface area is 202 Å². The molecule has 0 aromatic heterocycles. The van der Waals surface area contributed by atoms with Crippen molar-refractivity contribution in [2.75, 3.05) is 6.61 Å². The van der Waals surface area contributed by atoms with Crippen LogP contribution in [0.2, 0.25) is 0 Å². The summed E-state index contributed by atoms with van der Waals surface area (Å²) in [6.45, 7) is 17.5. The summed E-state index contributed by atoms with van der Waals surface area (Å²) in [7, 11) is 0. The van der Waals surface area contributed by atoms with Crippen LogP contribution in [0.3, 0.4) is 0 Å². The maximum atomic E-state index is 12.4. The van der Waals surface area contributed by atoms with Crippen LogP contribution in [0, 0.1) is 50.2 Å². The van der Waals surface area contributed by atoms with Gasteiger partial charge in [0.05, 0.1) is 6.61 Å². The smallest absolute Gasteiger partial charge is 0.330 e. The average Bonchev–Trinajstić information content (AvgIpc) is 2.88. The van der Waals surface area contributed by atoms with Crippen LogP contribution in [0.5, 0.6) is 0 Å². The second kappa shape index (κ2) is 7.11. The predicted molar refractivity (Wildman–Crippen MR) is 132 cm³/mol. The molecule has 9 atom stereocenters. The first-order valence-electron chi connectivity index (χ1n) is 13.8. The van der Waals surface area contributed by atoms with E-state index in [-0.39, 0.29) is 35.4 Å². The molecule has 0 saturated heterocycles. The summed E-state index contributed by atoms with van der Waals surface area (Å²) in [5.41, 5.74) is 1.32. The Morgan fingerprint density at radius 1 is 0.909 bits per heavy atom. The molecule has 0 aromatic carbocycles. The standard InChI is InChI=1S/C30H48O3/c1-20-30(19-31)11-10-21-27(5,22(30)8-9-24(32)33-20)15-17-29(7)23-18-25(2,3)12-13-26(23,4)14-16-28(21,29)6/h8-9,20-23,31H,10-19H2,1-7H3/t20-,21+,22+,23-,26-,27-,28-,29+,30+/m1/s1. The molecule has 4 aliphatic carbocycles. The summed E-state index contributed by atoms with van der Waals surface area (Å²) >= 11 is 0. The number of carbonyl (C=O) groups is 1. The van der Waals surface area contributed by atoms with Gasteiger partial charge in [0.1, 0.15) is 6.10 Å². The van der Waals surface area contributed by atoms with Crippen LogP contribution in [0.4, 0.5) is 0 Å². The van der Waals surface area contributed by atoms with Gasteiger partial charge in [-0.05, 0) is 110 Å². The lowest BCUT2D eigenvalue weighted by Crippen LogP contribution is -2.67. The summed E-state index contributed by atoms with van der Waals surface area (Å²) in [4.78, 5) is 12.4. The lowest BCUT2D eigenvalue weighted by molar-refractivity contribution is -0.255. The van der Waals surface area contributed by atoms with Crippen LogP contribution in [0.15, 0.2) is 12.2 Å². The molecule has 0 spiro atoms. The fourth-order valence-corrected chi connectivity index (χ4v) is 10.6. The van der Waals surface area contributed by atoms with Gasteiger partial charge in [-0.3, -0.25) is 0 Å². The predicted octanol–water partition coefficient (Wildman–Crippen LogP) is 6.93. The number of hydrogen-bond acceptors (Lipinski definition) is 3. The van der Waals surface area contributed by atoms with E-state index < -0.39 is 0 Å². The van der Waals surface area contributed by atoms with Crippen LogP contribution in [-0.4, -0.2) is 23.8 Å². The van der Waals surface area contributed by atoms with Gasteiger partial charge >= 0.3 is 5.97 Å². The Balaban J connectivity index is 1.58. The van der Waals surface area contributed by atoms with Gasteiger partial charge in [0.15, 0.2) is 0 Å². The molecule has 1 heterocycles. The number of rotatable bonds is 1. The first-order chi connectivity index (χ1) is 15.3. The summed E-state index contributed by atoms with van der Waals surface area (Å²) in [5.74, 6) is 1.35. The lowest BCUT2D eigenvalue weighted by Gasteiger charge is -2.74. The largest absolute Gasteiger partial charge is 0.459 e. The fraction of sp³-hybridized carbons (Fsp3) is 0.900. The van der Waals surface area contributed by atoms with Crippen molar-refractivity contribution in [3.05, 3.63) is 12.2 Å². The molecule has 5 aliphatic rings. The van der Waals surface area contributed by atoms with Crippen LogP contribution >= 0.6 is 0 Å². The van der Waals surface area contributed by atoms with Crippen molar-refractivity contribution < 1.29 is 14.6 Å². The van der Waals surface area contributed by atoms with Gasteiger partial charge in [-0.2, -0.15) is 0 Å². The number of ether oxygens (including phenoxy) is 1. The molecule has 4 saturated carbocycles. The normalized spacial score (nSPS) is 55.3. The van der Waals surface area contributed by atoms with E-state index in [9.17, 15) is 9.90 Å². The Hall–Kier alpha value is -0.830. The quantitative estimate of drug-likeness (QED) is 0.435. The first-order valence-corrected chi connectivity index (χ1v) is 13.8. The number of allylic oxidation sites excluding steroid dienone is 1. The highest BCUT2D eigenvalue weighted by Gasteiger charge is 2.70. The molecule has 3 nitrogen and oxygen atoms in total. The van der Waals surface area contributed by atoms with Crippen molar-refractivity contribution in [1.82, 2.24) is 0 Å². The Bertz CT molecular complexity index is 861. The summed E-state index contributed by atoms with van der Waals surface area (Å²) in [5, 5.41) is 10.7. The Morgan fingerprint density at radius 2 is 1.55 bits per heavy atom. The van der Waals surface area contributed by atoms with E-state index in [0.717, 1.165) is 18.8 Å². The van der Waals surface area contributed by atoms with E-state index >= 15 is 0 Å². The Morgan fingerprint density at radius 3 is 2.24 bits per heavy atom. The number of aliphatic hydroxyl groups is 1. The highest BCUT2D eigenvalue weighted by Crippen LogP contribution is 2.77. The van der Waals surface area contributed by atoms with E-state index in [1.54, 1.807) is 6.08 Å². The molecule has 5 rings (SSSR count). The molecule has 4 fully saturated rings. The molecule has 1 aliphatic heterocycles. The van der Waals surface area contributed by atoms with Gasteiger partial charge in [0, 0.05) is 11.5 Å². The highest BCUT2D eigenvalue weighted by atomic mass is 16.5. The second-order valence-corrected chi connectivity index (χ2v) is 14.8. The van der Waals surface area contributed by atoms with Gasteiger partial charge in [0.25, 0.3) is 0 Å². The van der Waals surface area contributed by atoms with Crippen molar-refractivity contribution in [3.8, 4) is 0 Å². The summed E-state index contributed by atoms with van der Waals surface area (Å²) in [6, 6.07) is 0. The highest BCUT2D eigenvalue weighted by molar-refractivity contribution is 5.82. The van der Waals surface area contributed by atoms with Crippen LogP contribution in [0.1, 0.15) is 106 Å². The molecule has 3 heteroatoms. The number of esters is 1. The van der Waals surface area contributed by atoms with E-state index in [1.165, 1.54) is 44.9 Å². The van der Waals surface area contributed by atoms with Crippen molar-refractivity contribution in [3.63, 3.8) is 0 Å². The minimum atomic E-state index is -0.353. The second-order valence-electron chi connectivity index (χ2n) is 14.8. The molecule has 0 aromatic rings. The van der Waals surface area contributed by atoms with Gasteiger partial charge in [-0.15, -0.1) is 0 Å². The van der Waals surface area contributed by atoms with E-state index in [0.29, 0.717) is 27.6 Å². The maximum Gasteiger partial charge on any atom is 0.330 e. The topological polar surface area (TPSA) is 46.5 Å². The zero-order valence-electron chi connectivity index (χ0n) is 22.3. The van der Waals surface area contributed by atoms with E-state index in [4.69, 9.17) is 4.74 Å². The average molecular weight is 457 g/mol. The monoisotopic (exact) mass is 456 g/mol. The van der Waals surface area contributed by atoms with Crippen molar-refractivity contribution in [1.29, 1.82) is 0 Å². The van der Waals surface area contributed by atoms with E-state index in [2.05, 4.69) is 47.6 Å². The third-order valence-corrected chi connectivity index (χ3v) is 13.1. The van der Waals surface area contributed by atoms with Gasteiger partial charge < -0.3 is 9.84 Å². The van der Waals surface area contributed by atoms with Gasteiger partial charge in [0.2, 0.25) is 0 Å².